The molecule has 0 radical (unpaired) electrons. The van der Waals surface area contributed by atoms with E-state index in [4.69, 9.17) is 19.0 Å². The van der Waals surface area contributed by atoms with Gasteiger partial charge in [-0.05, 0) is 74.4 Å². The largest absolute Gasteiger partial charge is 0.748 e. The fraction of sp³-hybridized carbons (Fsp3) is 0.490. The van der Waals surface area contributed by atoms with Crippen LogP contribution in [0.3, 0.4) is 0 Å². The first kappa shape index (κ1) is 60.8. The molecule has 22 nitrogen and oxygen atoms in total. The van der Waals surface area contributed by atoms with Crippen LogP contribution in [0.15, 0.2) is 83.5 Å². The van der Waals surface area contributed by atoms with Crippen LogP contribution in [0.2, 0.25) is 0 Å². The Labute approximate surface area is 449 Å². The summed E-state index contributed by atoms with van der Waals surface area (Å²) in [5, 5.41) is 0.426. The van der Waals surface area contributed by atoms with E-state index < -0.39 is 96.8 Å². The predicted octanol–water partition coefficient (Wildman–Crippen LogP) is 5.36. The number of benzene rings is 2. The van der Waals surface area contributed by atoms with E-state index in [1.807, 2.05) is 31.7 Å². The highest BCUT2D eigenvalue weighted by atomic mass is 32.2. The Hall–Kier alpha value is -5.42. The van der Waals surface area contributed by atoms with Crippen molar-refractivity contribution >= 4 is 86.5 Å². The lowest BCUT2D eigenvalue weighted by Crippen LogP contribution is -2.52. The van der Waals surface area contributed by atoms with Crippen LogP contribution in [0.1, 0.15) is 102 Å². The number of rotatable bonds is 25. The van der Waals surface area contributed by atoms with Crippen molar-refractivity contribution in [3.8, 4) is 5.75 Å². The number of hydrogen-bond donors (Lipinski definition) is 2. The molecular weight excluding hydrogens is 1090 g/mol. The Morgan fingerprint density at radius 3 is 2.09 bits per heavy atom. The van der Waals surface area contributed by atoms with Crippen molar-refractivity contribution in [2.75, 3.05) is 62.7 Å². The number of hydroxylamine groups is 2. The van der Waals surface area contributed by atoms with E-state index in [2.05, 4.69) is 0 Å². The molecule has 26 heteroatoms. The van der Waals surface area contributed by atoms with Crippen molar-refractivity contribution in [1.82, 2.24) is 5.06 Å². The summed E-state index contributed by atoms with van der Waals surface area (Å²) < 4.78 is 161. The van der Waals surface area contributed by atoms with E-state index in [-0.39, 0.29) is 89.7 Å². The van der Waals surface area contributed by atoms with Crippen LogP contribution < -0.4 is 9.64 Å². The molecule has 0 bridgehead atoms. The first-order valence-corrected chi connectivity index (χ1v) is 30.8. The van der Waals surface area contributed by atoms with Crippen LogP contribution in [-0.4, -0.2) is 148 Å². The van der Waals surface area contributed by atoms with E-state index in [1.54, 1.807) is 60.1 Å². The van der Waals surface area contributed by atoms with Crippen LogP contribution in [0.5, 0.6) is 5.75 Å². The topological polar surface area (TPSA) is 321 Å². The summed E-state index contributed by atoms with van der Waals surface area (Å²) in [6.07, 6.45) is 12.1. The fourth-order valence-electron chi connectivity index (χ4n) is 9.97. The molecule has 4 aliphatic rings. The summed E-state index contributed by atoms with van der Waals surface area (Å²) >= 11 is 0. The molecule has 2 aromatic carbocycles. The Morgan fingerprint density at radius 2 is 1.51 bits per heavy atom. The number of carbonyl (C=O) groups excluding carboxylic acids is 3. The number of fused-ring (bicyclic) bond motifs is 3. The number of hydrogen-bond acceptors (Lipinski definition) is 18. The summed E-state index contributed by atoms with van der Waals surface area (Å²) in [6.45, 7) is 7.95. The SMILES string of the molecule is COCCC1(CCOC)C=C(CS(=O)(=O)O)c2cc3c(cc2N1CCCS(=O)(=O)[O-])OC(C(C)(C)C)=C\C3=C/C=C/C=C/C1=[N+](CCCS(=O)(=O)O)c2ccc(S(=O)(=O)[O-])cc2C1(C)CCCC(=O)ON1C(=O)CCC1=O. The van der Waals surface area contributed by atoms with E-state index in [0.29, 0.717) is 55.9 Å². The van der Waals surface area contributed by atoms with Crippen molar-refractivity contribution in [3.63, 3.8) is 0 Å². The number of methoxy groups -OCH3 is 2. The van der Waals surface area contributed by atoms with Gasteiger partial charge in [-0.1, -0.05) is 51.2 Å². The highest BCUT2D eigenvalue weighted by Gasteiger charge is 2.48. The van der Waals surface area contributed by atoms with Gasteiger partial charge in [0, 0.05) is 111 Å². The van der Waals surface area contributed by atoms with Gasteiger partial charge in [0.1, 0.15) is 33.9 Å². The molecule has 1 unspecified atom stereocenters. The lowest BCUT2D eigenvalue weighted by Gasteiger charge is -2.48. The minimum Gasteiger partial charge on any atom is -0.748 e. The lowest BCUT2D eigenvalue weighted by molar-refractivity contribution is -0.437. The molecule has 0 aliphatic carbocycles. The second-order valence-electron chi connectivity index (χ2n) is 20.4. The molecule has 0 spiro atoms. The van der Waals surface area contributed by atoms with E-state index in [1.165, 1.54) is 26.4 Å². The standard InChI is InChI=1S/C51H65N3O19S4/c1-49(2,3)45-29-35(39-31-38-36(34-76(64,65)66)33-51(21-25-70-5,22-26-71-6)53(24-12-28-75(61,62)63)42(38)32-43(39)72-45)13-8-7-9-14-44-50(4,20-10-15-48(57)73-54-46(55)18-19-47(54)56)40-30-37(77(67,68)69)16-17-41(40)52(44)23-11-27-74(58,59)60/h7-9,13-14,16-17,29-33H,10-12,15,18-28,34H2,1-6H3,(H3-,58,59,60,61,62,63,64,65,66,67,68,69)/p-1. The lowest BCUT2D eigenvalue weighted by atomic mass is 9.75. The van der Waals surface area contributed by atoms with Gasteiger partial charge in [0.25, 0.3) is 32.1 Å². The van der Waals surface area contributed by atoms with Crippen molar-refractivity contribution in [1.29, 1.82) is 0 Å². The van der Waals surface area contributed by atoms with Crippen LogP contribution >= 0.6 is 0 Å². The number of carbonyl (C=O) groups is 3. The second kappa shape index (κ2) is 23.9. The third kappa shape index (κ3) is 15.2. The van der Waals surface area contributed by atoms with Gasteiger partial charge >= 0.3 is 5.97 Å². The van der Waals surface area contributed by atoms with Crippen molar-refractivity contribution < 1.29 is 89.9 Å². The van der Waals surface area contributed by atoms with Crippen LogP contribution in [0.25, 0.3) is 11.1 Å². The average Bonchev–Trinajstić information content (AvgIpc) is 3.75. The molecule has 2 aromatic rings. The van der Waals surface area contributed by atoms with Gasteiger partial charge in [0.2, 0.25) is 5.69 Å². The predicted molar refractivity (Wildman–Crippen MR) is 281 cm³/mol. The molecule has 2 N–H and O–H groups in total. The molecule has 77 heavy (non-hydrogen) atoms. The Morgan fingerprint density at radius 1 is 0.844 bits per heavy atom. The Balaban J connectivity index is 1.45. The van der Waals surface area contributed by atoms with Crippen molar-refractivity contribution in [2.45, 2.75) is 101 Å². The molecular formula is C51H64N3O19S4-. The Kier molecular flexibility index (Phi) is 18.9. The van der Waals surface area contributed by atoms with Crippen LogP contribution in [-0.2, 0) is 74.6 Å². The molecule has 4 heterocycles. The number of nitrogens with zero attached hydrogens (tertiary/aromatic N) is 3. The number of anilines is 1. The maximum atomic E-state index is 12.9. The van der Waals surface area contributed by atoms with Gasteiger partial charge in [0.15, 0.2) is 5.71 Å². The fourth-order valence-corrected chi connectivity index (χ4v) is 12.1. The minimum atomic E-state index is -4.98. The van der Waals surface area contributed by atoms with Crippen LogP contribution in [0.4, 0.5) is 11.4 Å². The number of ether oxygens (including phenoxy) is 3. The summed E-state index contributed by atoms with van der Waals surface area (Å²) in [5.74, 6) is -3.40. The Bertz CT molecular complexity index is 3290. The number of amides is 2. The van der Waals surface area contributed by atoms with Crippen molar-refractivity contribution in [3.05, 3.63) is 95.3 Å². The molecule has 2 amide bonds. The number of imide groups is 1. The van der Waals surface area contributed by atoms with Gasteiger partial charge < -0.3 is 33.1 Å². The zero-order chi connectivity index (χ0) is 56.9. The van der Waals surface area contributed by atoms with Gasteiger partial charge in [-0.2, -0.15) is 21.4 Å². The van der Waals surface area contributed by atoms with Crippen molar-refractivity contribution in [2.24, 2.45) is 5.41 Å². The van der Waals surface area contributed by atoms with E-state index in [0.717, 1.165) is 6.07 Å². The highest BCUT2D eigenvalue weighted by Crippen LogP contribution is 2.50. The van der Waals surface area contributed by atoms with E-state index >= 15 is 0 Å². The molecule has 4 aliphatic heterocycles. The zero-order valence-electron chi connectivity index (χ0n) is 43.6. The molecule has 1 atom stereocenters. The molecule has 0 saturated carbocycles. The summed E-state index contributed by atoms with van der Waals surface area (Å²) in [5.41, 5.74) is 0.644. The average molecular weight is 1150 g/mol. The molecule has 1 saturated heterocycles. The quantitative estimate of drug-likeness (QED) is 0.0547. The first-order chi connectivity index (χ1) is 35.8. The van der Waals surface area contributed by atoms with Gasteiger partial charge in [-0.3, -0.25) is 18.7 Å². The molecule has 0 aromatic heterocycles. The summed E-state index contributed by atoms with van der Waals surface area (Å²) in [6, 6.07) is 7.20. The number of allylic oxidation sites excluding steroid dienone is 8. The maximum absolute atomic E-state index is 12.9. The second-order valence-corrected chi connectivity index (χ2v) is 26.3. The highest BCUT2D eigenvalue weighted by molar-refractivity contribution is 7.86. The molecule has 1 fully saturated rings. The third-order valence-corrected chi connectivity index (χ3v) is 16.8. The summed E-state index contributed by atoms with van der Waals surface area (Å²) in [7, 11) is -15.7. The zero-order valence-corrected chi connectivity index (χ0v) is 46.8. The normalized spacial score (nSPS) is 19.5. The van der Waals surface area contributed by atoms with Gasteiger partial charge in [0.05, 0.1) is 31.7 Å². The van der Waals surface area contributed by atoms with Crippen LogP contribution in [0, 0.1) is 5.41 Å². The monoisotopic (exact) mass is 1150 g/mol. The third-order valence-electron chi connectivity index (χ3n) is 13.7. The van der Waals surface area contributed by atoms with Gasteiger partial charge in [-0.15, -0.1) is 5.06 Å². The minimum absolute atomic E-state index is 0.00886. The smallest absolute Gasteiger partial charge is 0.333 e. The molecule has 422 valence electrons. The first-order valence-electron chi connectivity index (χ1n) is 24.6. The summed E-state index contributed by atoms with van der Waals surface area (Å²) in [4.78, 5) is 43.6. The van der Waals surface area contributed by atoms with Gasteiger partial charge in [-0.25, -0.2) is 21.6 Å². The maximum Gasteiger partial charge on any atom is 0.333 e. The molecule has 6 rings (SSSR count). The van der Waals surface area contributed by atoms with E-state index in [9.17, 15) is 66.3 Å².